The van der Waals surface area contributed by atoms with Gasteiger partial charge in [-0.1, -0.05) is 11.6 Å². The fourth-order valence-electron chi connectivity index (χ4n) is 1.65. The third-order valence-electron chi connectivity index (χ3n) is 2.90. The Morgan fingerprint density at radius 1 is 1.17 bits per heavy atom. The van der Waals surface area contributed by atoms with Crippen molar-refractivity contribution in [3.05, 3.63) is 29.3 Å². The first-order valence-corrected chi connectivity index (χ1v) is 8.00. The Morgan fingerprint density at radius 3 is 2.30 bits per heavy atom. The van der Waals surface area contributed by atoms with Crippen LogP contribution in [0.2, 0.25) is 5.02 Å². The molecule has 1 rings (SSSR count). The molecule has 1 aromatic rings. The molecular formula is C15H18ClNO5S. The standard InChI is InChI=1S/C15H18ClNO5S/c1-9(23-11-6-4-10(16)5-7-11)14(19)17-12(15(20)22-3)8-13(18)21-2/h4-7,9,12H,8H2,1-3H3,(H,17,19)/t9-,12-/m0/s1. The first-order valence-electron chi connectivity index (χ1n) is 6.74. The molecule has 0 unspecified atom stereocenters. The number of carbonyl (C=O) groups excluding carboxylic acids is 3. The normalized spacial score (nSPS) is 12.9. The van der Waals surface area contributed by atoms with Gasteiger partial charge in [-0.15, -0.1) is 11.8 Å². The maximum Gasteiger partial charge on any atom is 0.328 e. The van der Waals surface area contributed by atoms with Gasteiger partial charge in [0.2, 0.25) is 5.91 Å². The second-order valence-corrected chi connectivity index (χ2v) is 6.43. The van der Waals surface area contributed by atoms with Crippen molar-refractivity contribution >= 4 is 41.2 Å². The third kappa shape index (κ3) is 6.50. The monoisotopic (exact) mass is 359 g/mol. The van der Waals surface area contributed by atoms with E-state index in [4.69, 9.17) is 11.6 Å². The first kappa shape index (κ1) is 19.3. The van der Waals surface area contributed by atoms with E-state index in [1.54, 1.807) is 31.2 Å². The molecule has 0 fully saturated rings. The number of hydrogen-bond donors (Lipinski definition) is 1. The second kappa shape index (κ2) is 9.42. The van der Waals surface area contributed by atoms with Gasteiger partial charge in [0.1, 0.15) is 6.04 Å². The highest BCUT2D eigenvalue weighted by Gasteiger charge is 2.27. The predicted molar refractivity (Wildman–Crippen MR) is 87.4 cm³/mol. The second-order valence-electron chi connectivity index (χ2n) is 4.58. The summed E-state index contributed by atoms with van der Waals surface area (Å²) in [4.78, 5) is 36.0. The molecule has 0 aliphatic carbocycles. The first-order chi connectivity index (χ1) is 10.9. The summed E-state index contributed by atoms with van der Waals surface area (Å²) in [5.41, 5.74) is 0. The molecule has 0 heterocycles. The van der Waals surface area contributed by atoms with Crippen LogP contribution in [0.4, 0.5) is 0 Å². The number of methoxy groups -OCH3 is 2. The molecular weight excluding hydrogens is 342 g/mol. The van der Waals surface area contributed by atoms with Gasteiger partial charge in [-0.2, -0.15) is 0 Å². The minimum absolute atomic E-state index is 0.284. The zero-order valence-corrected chi connectivity index (χ0v) is 14.6. The van der Waals surface area contributed by atoms with Crippen molar-refractivity contribution in [3.63, 3.8) is 0 Å². The van der Waals surface area contributed by atoms with Gasteiger partial charge in [-0.25, -0.2) is 4.79 Å². The largest absolute Gasteiger partial charge is 0.469 e. The van der Waals surface area contributed by atoms with Gasteiger partial charge in [0.05, 0.1) is 25.9 Å². The lowest BCUT2D eigenvalue weighted by Crippen LogP contribution is -2.45. The summed E-state index contributed by atoms with van der Waals surface area (Å²) in [7, 11) is 2.39. The Labute approximate surface area is 143 Å². The van der Waals surface area contributed by atoms with E-state index in [-0.39, 0.29) is 12.3 Å². The van der Waals surface area contributed by atoms with E-state index in [0.717, 1.165) is 4.90 Å². The van der Waals surface area contributed by atoms with E-state index in [1.165, 1.54) is 26.0 Å². The van der Waals surface area contributed by atoms with Crippen LogP contribution in [0.25, 0.3) is 0 Å². The molecule has 2 atom stereocenters. The molecule has 0 saturated carbocycles. The van der Waals surface area contributed by atoms with E-state index in [9.17, 15) is 14.4 Å². The van der Waals surface area contributed by atoms with Crippen LogP contribution < -0.4 is 5.32 Å². The highest BCUT2D eigenvalue weighted by atomic mass is 35.5. The average molecular weight is 360 g/mol. The number of benzene rings is 1. The summed E-state index contributed by atoms with van der Waals surface area (Å²) >= 11 is 7.12. The van der Waals surface area contributed by atoms with Crippen LogP contribution in [0, 0.1) is 0 Å². The van der Waals surface area contributed by atoms with Crippen LogP contribution in [0.1, 0.15) is 13.3 Å². The highest BCUT2D eigenvalue weighted by molar-refractivity contribution is 8.00. The summed E-state index contributed by atoms with van der Waals surface area (Å²) in [5.74, 6) is -1.70. The maximum atomic E-state index is 12.2. The average Bonchev–Trinajstić information content (AvgIpc) is 2.55. The zero-order chi connectivity index (χ0) is 17.4. The molecule has 0 bridgehead atoms. The predicted octanol–water partition coefficient (Wildman–Crippen LogP) is 2.04. The number of amides is 1. The molecule has 0 aliphatic heterocycles. The van der Waals surface area contributed by atoms with E-state index in [2.05, 4.69) is 14.8 Å². The minimum Gasteiger partial charge on any atom is -0.469 e. The van der Waals surface area contributed by atoms with Crippen LogP contribution in [0.15, 0.2) is 29.2 Å². The van der Waals surface area contributed by atoms with Gasteiger partial charge in [-0.3, -0.25) is 9.59 Å². The molecule has 126 valence electrons. The topological polar surface area (TPSA) is 81.7 Å². The number of ether oxygens (including phenoxy) is 2. The van der Waals surface area contributed by atoms with Gasteiger partial charge in [0.25, 0.3) is 0 Å². The number of carbonyl (C=O) groups is 3. The Hall–Kier alpha value is -1.73. The quantitative estimate of drug-likeness (QED) is 0.592. The fraction of sp³-hybridized carbons (Fsp3) is 0.400. The molecule has 0 aromatic heterocycles. The lowest BCUT2D eigenvalue weighted by molar-refractivity contribution is -0.150. The van der Waals surface area contributed by atoms with E-state index in [1.807, 2.05) is 0 Å². The van der Waals surface area contributed by atoms with Crippen molar-refractivity contribution in [2.24, 2.45) is 0 Å². The van der Waals surface area contributed by atoms with Gasteiger partial charge in [-0.05, 0) is 31.2 Å². The molecule has 0 spiro atoms. The van der Waals surface area contributed by atoms with Gasteiger partial charge in [0.15, 0.2) is 0 Å². The van der Waals surface area contributed by atoms with Crippen molar-refractivity contribution in [1.29, 1.82) is 0 Å². The Bertz CT molecular complexity index is 563. The Kier molecular flexibility index (Phi) is 7.91. The molecule has 1 N–H and O–H groups in total. The molecule has 8 heteroatoms. The van der Waals surface area contributed by atoms with E-state index < -0.39 is 23.2 Å². The Balaban J connectivity index is 2.67. The number of hydrogen-bond acceptors (Lipinski definition) is 6. The summed E-state index contributed by atoms with van der Waals surface area (Å²) in [6.45, 7) is 1.70. The van der Waals surface area contributed by atoms with Crippen LogP contribution >= 0.6 is 23.4 Å². The van der Waals surface area contributed by atoms with Crippen LogP contribution in [0.3, 0.4) is 0 Å². The van der Waals surface area contributed by atoms with Crippen molar-refractivity contribution in [2.75, 3.05) is 14.2 Å². The maximum absolute atomic E-state index is 12.2. The summed E-state index contributed by atoms with van der Waals surface area (Å²) < 4.78 is 9.10. The van der Waals surface area contributed by atoms with E-state index >= 15 is 0 Å². The number of rotatable bonds is 7. The number of halogens is 1. The molecule has 0 radical (unpaired) electrons. The van der Waals surface area contributed by atoms with Crippen LogP contribution in [0.5, 0.6) is 0 Å². The third-order valence-corrected chi connectivity index (χ3v) is 4.26. The summed E-state index contributed by atoms with van der Waals surface area (Å²) in [5, 5.41) is 2.64. The van der Waals surface area contributed by atoms with Gasteiger partial charge in [0, 0.05) is 9.92 Å². The number of thioether (sulfide) groups is 1. The molecule has 0 saturated heterocycles. The highest BCUT2D eigenvalue weighted by Crippen LogP contribution is 2.24. The fourth-order valence-corrected chi connectivity index (χ4v) is 2.65. The molecule has 1 aromatic carbocycles. The number of esters is 2. The van der Waals surface area contributed by atoms with Gasteiger partial charge >= 0.3 is 11.9 Å². The van der Waals surface area contributed by atoms with Gasteiger partial charge < -0.3 is 14.8 Å². The zero-order valence-electron chi connectivity index (χ0n) is 13.0. The van der Waals surface area contributed by atoms with E-state index in [0.29, 0.717) is 5.02 Å². The molecule has 0 aliphatic rings. The molecule has 1 amide bonds. The van der Waals surface area contributed by atoms with Crippen molar-refractivity contribution in [3.8, 4) is 0 Å². The smallest absolute Gasteiger partial charge is 0.328 e. The number of nitrogens with one attached hydrogen (secondary N) is 1. The van der Waals surface area contributed by atoms with Crippen LogP contribution in [-0.2, 0) is 23.9 Å². The van der Waals surface area contributed by atoms with Crippen molar-refractivity contribution in [1.82, 2.24) is 5.32 Å². The van der Waals surface area contributed by atoms with Crippen molar-refractivity contribution in [2.45, 2.75) is 29.5 Å². The summed E-state index contributed by atoms with van der Waals surface area (Å²) in [6, 6.07) is 5.96. The molecule has 23 heavy (non-hydrogen) atoms. The lowest BCUT2D eigenvalue weighted by atomic mass is 10.2. The Morgan fingerprint density at radius 2 is 1.78 bits per heavy atom. The minimum atomic E-state index is -1.08. The van der Waals surface area contributed by atoms with Crippen LogP contribution in [-0.4, -0.2) is 43.4 Å². The van der Waals surface area contributed by atoms with Crippen molar-refractivity contribution < 1.29 is 23.9 Å². The summed E-state index contributed by atoms with van der Waals surface area (Å²) in [6.07, 6.45) is -0.284. The molecule has 6 nitrogen and oxygen atoms in total. The SMILES string of the molecule is COC(=O)C[C@H](NC(=O)[C@H](C)Sc1ccc(Cl)cc1)C(=O)OC. The lowest BCUT2D eigenvalue weighted by Gasteiger charge is -2.18.